The molecule has 1 amide bonds. The molecule has 0 aliphatic heterocycles. The molecule has 0 spiro atoms. The maximum atomic E-state index is 11.0. The van der Waals surface area contributed by atoms with Crippen molar-refractivity contribution in [2.45, 2.75) is 13.0 Å². The highest BCUT2D eigenvalue weighted by Gasteiger charge is 2.07. The van der Waals surface area contributed by atoms with Crippen LogP contribution >= 0.6 is 0 Å². The topological polar surface area (TPSA) is 70.6 Å². The second-order valence-corrected chi connectivity index (χ2v) is 2.67. The summed E-state index contributed by atoms with van der Waals surface area (Å²) in [6, 6.07) is -0.174. The minimum Gasteiger partial charge on any atom is -0.395 e. The average molecular weight is 190 g/mol. The predicted octanol–water partition coefficient (Wildman–Crippen LogP) is -1.28. The molecule has 1 atom stereocenters. The Balaban J connectivity index is 3.52. The van der Waals surface area contributed by atoms with Crippen molar-refractivity contribution >= 4 is 5.91 Å². The van der Waals surface area contributed by atoms with Crippen LogP contribution in [0.3, 0.4) is 0 Å². The molecule has 1 unspecified atom stereocenters. The lowest BCUT2D eigenvalue weighted by atomic mass is 10.3. The van der Waals surface area contributed by atoms with Crippen LogP contribution in [0.15, 0.2) is 0 Å². The van der Waals surface area contributed by atoms with Crippen LogP contribution in [-0.4, -0.2) is 50.5 Å². The van der Waals surface area contributed by atoms with Gasteiger partial charge in [-0.3, -0.25) is 4.79 Å². The Hall–Kier alpha value is -0.650. The first kappa shape index (κ1) is 12.3. The van der Waals surface area contributed by atoms with Crippen LogP contribution in [0.1, 0.15) is 6.92 Å². The van der Waals surface area contributed by atoms with Gasteiger partial charge in [-0.05, 0) is 6.92 Å². The first-order valence-electron chi connectivity index (χ1n) is 4.34. The Labute approximate surface area is 78.5 Å². The number of amides is 1. The number of likely N-dealkylation sites (N-methyl/N-ethyl adjacent to an activating group) is 1. The minimum absolute atomic E-state index is 0.0345. The highest BCUT2D eigenvalue weighted by molar-refractivity contribution is 5.77. The van der Waals surface area contributed by atoms with E-state index in [0.29, 0.717) is 13.2 Å². The van der Waals surface area contributed by atoms with Gasteiger partial charge in [0.25, 0.3) is 0 Å². The molecular weight excluding hydrogens is 172 g/mol. The molecule has 78 valence electrons. The standard InChI is InChI=1S/C8H18N2O3/c1-3-9-8(12)4-10-7(5-11)6-13-2/h7,10-11H,3-6H2,1-2H3,(H,9,12). The Bertz CT molecular complexity index is 141. The van der Waals surface area contributed by atoms with E-state index in [1.807, 2.05) is 6.92 Å². The van der Waals surface area contributed by atoms with Crippen molar-refractivity contribution in [3.63, 3.8) is 0 Å². The Morgan fingerprint density at radius 2 is 2.31 bits per heavy atom. The van der Waals surface area contributed by atoms with E-state index >= 15 is 0 Å². The van der Waals surface area contributed by atoms with Crippen molar-refractivity contribution in [1.82, 2.24) is 10.6 Å². The molecule has 0 bridgehead atoms. The van der Waals surface area contributed by atoms with Crippen molar-refractivity contribution in [2.24, 2.45) is 0 Å². The van der Waals surface area contributed by atoms with Crippen LogP contribution in [0, 0.1) is 0 Å². The molecule has 0 aromatic heterocycles. The third kappa shape index (κ3) is 6.51. The van der Waals surface area contributed by atoms with Crippen molar-refractivity contribution < 1.29 is 14.6 Å². The summed E-state index contributed by atoms with van der Waals surface area (Å²) in [4.78, 5) is 11.0. The first-order chi connectivity index (χ1) is 6.24. The predicted molar refractivity (Wildman–Crippen MR) is 49.4 cm³/mol. The van der Waals surface area contributed by atoms with E-state index in [9.17, 15) is 4.79 Å². The van der Waals surface area contributed by atoms with Gasteiger partial charge in [0.1, 0.15) is 0 Å². The molecule has 0 aliphatic carbocycles. The molecule has 0 aromatic carbocycles. The number of carbonyl (C=O) groups is 1. The lowest BCUT2D eigenvalue weighted by molar-refractivity contribution is -0.120. The molecular formula is C8H18N2O3. The number of carbonyl (C=O) groups excluding carboxylic acids is 1. The largest absolute Gasteiger partial charge is 0.395 e. The quantitative estimate of drug-likeness (QED) is 0.467. The molecule has 3 N–H and O–H groups in total. The van der Waals surface area contributed by atoms with Gasteiger partial charge in [0.15, 0.2) is 0 Å². The molecule has 0 aliphatic rings. The zero-order chi connectivity index (χ0) is 10.1. The number of methoxy groups -OCH3 is 1. The zero-order valence-corrected chi connectivity index (χ0v) is 8.17. The summed E-state index contributed by atoms with van der Waals surface area (Å²) in [7, 11) is 1.55. The number of aliphatic hydroxyl groups excluding tert-OH is 1. The minimum atomic E-state index is -0.174. The molecule has 0 heterocycles. The third-order valence-corrected chi connectivity index (χ3v) is 1.51. The molecule has 0 aromatic rings. The van der Waals surface area contributed by atoms with Crippen LogP contribution in [0.2, 0.25) is 0 Å². The van der Waals surface area contributed by atoms with Crippen molar-refractivity contribution in [3.8, 4) is 0 Å². The maximum Gasteiger partial charge on any atom is 0.233 e. The number of nitrogens with one attached hydrogen (secondary N) is 2. The van der Waals surface area contributed by atoms with Gasteiger partial charge in [-0.25, -0.2) is 0 Å². The third-order valence-electron chi connectivity index (χ3n) is 1.51. The van der Waals surface area contributed by atoms with E-state index in [0.717, 1.165) is 0 Å². The molecule has 5 heteroatoms. The summed E-state index contributed by atoms with van der Waals surface area (Å²) in [5, 5.41) is 14.3. The van der Waals surface area contributed by atoms with Crippen molar-refractivity contribution in [1.29, 1.82) is 0 Å². The zero-order valence-electron chi connectivity index (χ0n) is 8.17. The Morgan fingerprint density at radius 3 is 2.77 bits per heavy atom. The lowest BCUT2D eigenvalue weighted by Gasteiger charge is -2.14. The highest BCUT2D eigenvalue weighted by Crippen LogP contribution is 1.82. The monoisotopic (exact) mass is 190 g/mol. The van der Waals surface area contributed by atoms with E-state index in [1.54, 1.807) is 7.11 Å². The number of hydrogen-bond acceptors (Lipinski definition) is 4. The van der Waals surface area contributed by atoms with Crippen molar-refractivity contribution in [3.05, 3.63) is 0 Å². The Kier molecular flexibility index (Phi) is 7.57. The Morgan fingerprint density at radius 1 is 1.62 bits per heavy atom. The van der Waals surface area contributed by atoms with Gasteiger partial charge in [0.05, 0.1) is 25.8 Å². The molecule has 13 heavy (non-hydrogen) atoms. The van der Waals surface area contributed by atoms with Gasteiger partial charge in [-0.2, -0.15) is 0 Å². The second-order valence-electron chi connectivity index (χ2n) is 2.67. The van der Waals surface area contributed by atoms with Gasteiger partial charge in [0.2, 0.25) is 5.91 Å². The van der Waals surface area contributed by atoms with Gasteiger partial charge < -0.3 is 20.5 Å². The van der Waals surface area contributed by atoms with Gasteiger partial charge >= 0.3 is 0 Å². The summed E-state index contributed by atoms with van der Waals surface area (Å²) in [5.74, 6) is -0.0722. The first-order valence-corrected chi connectivity index (χ1v) is 4.34. The normalized spacial score (nSPS) is 12.5. The molecule has 0 saturated heterocycles. The fraction of sp³-hybridized carbons (Fsp3) is 0.875. The van der Waals surface area contributed by atoms with E-state index in [1.165, 1.54) is 0 Å². The molecule has 5 nitrogen and oxygen atoms in total. The number of ether oxygens (including phenoxy) is 1. The van der Waals surface area contributed by atoms with Crippen LogP contribution in [0.5, 0.6) is 0 Å². The summed E-state index contributed by atoms with van der Waals surface area (Å²) < 4.78 is 4.83. The smallest absolute Gasteiger partial charge is 0.233 e. The van der Waals surface area contributed by atoms with Gasteiger partial charge in [0, 0.05) is 13.7 Å². The van der Waals surface area contributed by atoms with E-state index in [-0.39, 0.29) is 25.1 Å². The maximum absolute atomic E-state index is 11.0. The van der Waals surface area contributed by atoms with Crippen molar-refractivity contribution in [2.75, 3.05) is 33.4 Å². The number of aliphatic hydroxyl groups is 1. The van der Waals surface area contributed by atoms with Crippen LogP contribution in [0.25, 0.3) is 0 Å². The summed E-state index contributed by atoms with van der Waals surface area (Å²) in [5.41, 5.74) is 0. The highest BCUT2D eigenvalue weighted by atomic mass is 16.5. The van der Waals surface area contributed by atoms with E-state index in [2.05, 4.69) is 10.6 Å². The fourth-order valence-electron chi connectivity index (χ4n) is 0.874. The van der Waals surface area contributed by atoms with E-state index in [4.69, 9.17) is 9.84 Å². The van der Waals surface area contributed by atoms with Crippen LogP contribution < -0.4 is 10.6 Å². The summed E-state index contributed by atoms with van der Waals surface area (Å²) in [6.45, 7) is 3.05. The molecule has 0 rings (SSSR count). The van der Waals surface area contributed by atoms with E-state index < -0.39 is 0 Å². The van der Waals surface area contributed by atoms with Gasteiger partial charge in [-0.15, -0.1) is 0 Å². The van der Waals surface area contributed by atoms with Crippen LogP contribution in [-0.2, 0) is 9.53 Å². The second kappa shape index (κ2) is 7.97. The molecule has 0 saturated carbocycles. The number of rotatable bonds is 7. The summed E-state index contributed by atoms with van der Waals surface area (Å²) >= 11 is 0. The average Bonchev–Trinajstić information content (AvgIpc) is 2.12. The lowest BCUT2D eigenvalue weighted by Crippen LogP contribution is -2.42. The summed E-state index contributed by atoms with van der Waals surface area (Å²) in [6.07, 6.45) is 0. The number of hydrogen-bond donors (Lipinski definition) is 3. The SMILES string of the molecule is CCNC(=O)CNC(CO)COC. The van der Waals surface area contributed by atoms with Crippen LogP contribution in [0.4, 0.5) is 0 Å². The van der Waals surface area contributed by atoms with Gasteiger partial charge in [-0.1, -0.05) is 0 Å². The fourth-order valence-corrected chi connectivity index (χ4v) is 0.874. The molecule has 0 radical (unpaired) electrons. The molecule has 0 fully saturated rings.